The summed E-state index contributed by atoms with van der Waals surface area (Å²) in [5, 5.41) is 2.58. The predicted octanol–water partition coefficient (Wildman–Crippen LogP) is 2.53. The van der Waals surface area contributed by atoms with Gasteiger partial charge in [-0.1, -0.05) is 12.1 Å². The summed E-state index contributed by atoms with van der Waals surface area (Å²) in [4.78, 5) is 24.5. The number of anilines is 1. The largest absolute Gasteiger partial charge is 0.369 e. The van der Waals surface area contributed by atoms with Crippen LogP contribution in [0.25, 0.3) is 0 Å². The standard InChI is InChI=1S/C15H19F2N3O2/c1-15(16,17)10-4-3-5-11(8-10)19-14(22)20(2)12-6-9(7-12)13(18)21/h3-5,8-9,12H,6-7H2,1-2H3,(H2,18,21)(H,19,22). The van der Waals surface area contributed by atoms with Gasteiger partial charge < -0.3 is 16.0 Å². The summed E-state index contributed by atoms with van der Waals surface area (Å²) < 4.78 is 26.5. The molecule has 22 heavy (non-hydrogen) atoms. The molecule has 1 aromatic carbocycles. The van der Waals surface area contributed by atoms with Crippen molar-refractivity contribution in [1.29, 1.82) is 0 Å². The van der Waals surface area contributed by atoms with Crippen LogP contribution in [0.3, 0.4) is 0 Å². The number of carbonyl (C=O) groups excluding carboxylic acids is 2. The number of benzene rings is 1. The number of hydrogen-bond donors (Lipinski definition) is 2. The van der Waals surface area contributed by atoms with Crippen molar-refractivity contribution in [3.05, 3.63) is 29.8 Å². The van der Waals surface area contributed by atoms with Crippen LogP contribution in [0.5, 0.6) is 0 Å². The van der Waals surface area contributed by atoms with Gasteiger partial charge in [0, 0.05) is 37.2 Å². The Balaban J connectivity index is 1.96. The normalized spacial score (nSPS) is 20.9. The average Bonchev–Trinajstić information content (AvgIpc) is 2.35. The monoisotopic (exact) mass is 311 g/mol. The fourth-order valence-electron chi connectivity index (χ4n) is 2.38. The number of hydrogen-bond acceptors (Lipinski definition) is 2. The molecule has 120 valence electrons. The molecule has 1 aliphatic carbocycles. The molecule has 3 N–H and O–H groups in total. The van der Waals surface area contributed by atoms with Crippen molar-refractivity contribution in [3.63, 3.8) is 0 Å². The van der Waals surface area contributed by atoms with Crippen LogP contribution < -0.4 is 11.1 Å². The van der Waals surface area contributed by atoms with Crippen molar-refractivity contribution in [2.24, 2.45) is 11.7 Å². The highest BCUT2D eigenvalue weighted by Crippen LogP contribution is 2.32. The second-order valence-electron chi connectivity index (χ2n) is 5.73. The van der Waals surface area contributed by atoms with E-state index in [9.17, 15) is 18.4 Å². The molecule has 1 aliphatic rings. The Morgan fingerprint density at radius 2 is 2.00 bits per heavy atom. The van der Waals surface area contributed by atoms with Gasteiger partial charge in [0.15, 0.2) is 0 Å². The summed E-state index contributed by atoms with van der Waals surface area (Å²) >= 11 is 0. The number of rotatable bonds is 4. The molecule has 7 heteroatoms. The lowest BCUT2D eigenvalue weighted by atomic mass is 9.79. The lowest BCUT2D eigenvalue weighted by Crippen LogP contribution is -2.50. The average molecular weight is 311 g/mol. The minimum atomic E-state index is -2.96. The van der Waals surface area contributed by atoms with Gasteiger partial charge in [-0.05, 0) is 25.0 Å². The van der Waals surface area contributed by atoms with Crippen LogP contribution in [0.2, 0.25) is 0 Å². The van der Waals surface area contributed by atoms with Gasteiger partial charge >= 0.3 is 6.03 Å². The van der Waals surface area contributed by atoms with E-state index in [1.807, 2.05) is 0 Å². The van der Waals surface area contributed by atoms with Crippen LogP contribution in [-0.2, 0) is 10.7 Å². The van der Waals surface area contributed by atoms with Crippen molar-refractivity contribution in [1.82, 2.24) is 4.90 Å². The summed E-state index contributed by atoms with van der Waals surface area (Å²) in [5.41, 5.74) is 5.33. The smallest absolute Gasteiger partial charge is 0.321 e. The molecule has 3 amide bonds. The molecule has 0 aromatic heterocycles. The maximum Gasteiger partial charge on any atom is 0.321 e. The van der Waals surface area contributed by atoms with Gasteiger partial charge in [-0.2, -0.15) is 0 Å². The molecular formula is C15H19F2N3O2. The summed E-state index contributed by atoms with van der Waals surface area (Å²) in [6, 6.07) is 5.11. The Morgan fingerprint density at radius 1 is 1.36 bits per heavy atom. The van der Waals surface area contributed by atoms with Crippen molar-refractivity contribution < 1.29 is 18.4 Å². The second-order valence-corrected chi connectivity index (χ2v) is 5.73. The molecule has 0 heterocycles. The summed E-state index contributed by atoms with van der Waals surface area (Å²) in [5.74, 6) is -3.51. The molecule has 0 aliphatic heterocycles. The third kappa shape index (κ3) is 3.52. The summed E-state index contributed by atoms with van der Waals surface area (Å²) in [7, 11) is 1.61. The first kappa shape index (κ1) is 16.2. The zero-order chi connectivity index (χ0) is 16.5. The molecule has 0 atom stereocenters. The fourth-order valence-corrected chi connectivity index (χ4v) is 2.38. The molecule has 1 saturated carbocycles. The number of halogens is 2. The van der Waals surface area contributed by atoms with E-state index in [-0.39, 0.29) is 23.4 Å². The first-order valence-corrected chi connectivity index (χ1v) is 7.00. The SMILES string of the molecule is CN(C(=O)Nc1cccc(C(C)(F)F)c1)C1CC(C(N)=O)C1. The third-order valence-electron chi connectivity index (χ3n) is 4.00. The zero-order valence-corrected chi connectivity index (χ0v) is 12.5. The van der Waals surface area contributed by atoms with E-state index in [0.717, 1.165) is 6.92 Å². The van der Waals surface area contributed by atoms with Crippen LogP contribution >= 0.6 is 0 Å². The van der Waals surface area contributed by atoms with Crippen molar-refractivity contribution in [3.8, 4) is 0 Å². The van der Waals surface area contributed by atoms with Crippen LogP contribution in [0, 0.1) is 5.92 Å². The van der Waals surface area contributed by atoms with Gasteiger partial charge in [-0.25, -0.2) is 13.6 Å². The van der Waals surface area contributed by atoms with Crippen LogP contribution in [-0.4, -0.2) is 29.9 Å². The first-order valence-electron chi connectivity index (χ1n) is 7.00. The molecule has 0 spiro atoms. The van der Waals surface area contributed by atoms with E-state index in [2.05, 4.69) is 5.32 Å². The van der Waals surface area contributed by atoms with Gasteiger partial charge in [-0.3, -0.25) is 4.79 Å². The molecule has 0 unspecified atom stereocenters. The van der Waals surface area contributed by atoms with E-state index < -0.39 is 12.0 Å². The number of carbonyl (C=O) groups is 2. The van der Waals surface area contributed by atoms with Crippen LogP contribution in [0.4, 0.5) is 19.3 Å². The van der Waals surface area contributed by atoms with E-state index in [1.165, 1.54) is 23.1 Å². The number of nitrogens with zero attached hydrogens (tertiary/aromatic N) is 1. The summed E-state index contributed by atoms with van der Waals surface area (Å²) in [6.07, 6.45) is 1.07. The Kier molecular flexibility index (Phi) is 4.35. The van der Waals surface area contributed by atoms with E-state index >= 15 is 0 Å². The Morgan fingerprint density at radius 3 is 2.55 bits per heavy atom. The van der Waals surface area contributed by atoms with E-state index in [4.69, 9.17) is 5.73 Å². The molecule has 0 radical (unpaired) electrons. The first-order chi connectivity index (χ1) is 10.2. The number of primary amides is 1. The Bertz CT molecular complexity index is 580. The highest BCUT2D eigenvalue weighted by atomic mass is 19.3. The van der Waals surface area contributed by atoms with Gasteiger partial charge in [0.2, 0.25) is 5.91 Å². The number of nitrogens with one attached hydrogen (secondary N) is 1. The molecule has 2 rings (SSSR count). The molecule has 0 saturated heterocycles. The number of urea groups is 1. The van der Waals surface area contributed by atoms with Gasteiger partial charge in [0.1, 0.15) is 0 Å². The van der Waals surface area contributed by atoms with Crippen molar-refractivity contribution >= 4 is 17.6 Å². The molecular weight excluding hydrogens is 292 g/mol. The van der Waals surface area contributed by atoms with Crippen molar-refractivity contribution in [2.75, 3.05) is 12.4 Å². The lowest BCUT2D eigenvalue weighted by molar-refractivity contribution is -0.125. The fraction of sp³-hybridized carbons (Fsp3) is 0.467. The third-order valence-corrected chi connectivity index (χ3v) is 4.00. The highest BCUT2D eigenvalue weighted by Gasteiger charge is 2.37. The molecule has 0 bridgehead atoms. The van der Waals surface area contributed by atoms with Gasteiger partial charge in [-0.15, -0.1) is 0 Å². The maximum absolute atomic E-state index is 13.3. The highest BCUT2D eigenvalue weighted by molar-refractivity contribution is 5.89. The molecule has 5 nitrogen and oxygen atoms in total. The zero-order valence-electron chi connectivity index (χ0n) is 12.5. The van der Waals surface area contributed by atoms with E-state index in [0.29, 0.717) is 18.5 Å². The summed E-state index contributed by atoms with van der Waals surface area (Å²) in [6.45, 7) is 0.804. The number of amides is 3. The molecule has 1 fully saturated rings. The van der Waals surface area contributed by atoms with Crippen LogP contribution in [0.15, 0.2) is 24.3 Å². The topological polar surface area (TPSA) is 75.4 Å². The van der Waals surface area contributed by atoms with Gasteiger partial charge in [0.25, 0.3) is 5.92 Å². The quantitative estimate of drug-likeness (QED) is 0.896. The lowest BCUT2D eigenvalue weighted by Gasteiger charge is -2.39. The van der Waals surface area contributed by atoms with Crippen LogP contribution in [0.1, 0.15) is 25.3 Å². The minimum Gasteiger partial charge on any atom is -0.369 e. The van der Waals surface area contributed by atoms with Crippen molar-refractivity contribution in [2.45, 2.75) is 31.7 Å². The molecule has 1 aromatic rings. The Hall–Kier alpha value is -2.18. The maximum atomic E-state index is 13.3. The van der Waals surface area contributed by atoms with E-state index in [1.54, 1.807) is 13.1 Å². The second kappa shape index (κ2) is 5.90. The van der Waals surface area contributed by atoms with Gasteiger partial charge in [0.05, 0.1) is 0 Å². The predicted molar refractivity (Wildman–Crippen MR) is 78.5 cm³/mol. The number of alkyl halides is 2. The minimum absolute atomic E-state index is 0.0618. The Labute approximate surface area is 127 Å². The number of nitrogens with two attached hydrogens (primary N) is 1.